The number of fused-ring (bicyclic) bond motifs is 1. The van der Waals surface area contributed by atoms with Gasteiger partial charge in [-0.15, -0.1) is 11.3 Å². The van der Waals surface area contributed by atoms with Gasteiger partial charge in [0.15, 0.2) is 0 Å². The van der Waals surface area contributed by atoms with Crippen LogP contribution in [-0.2, 0) is 6.54 Å². The average Bonchev–Trinajstić information content (AvgIpc) is 3.42. The Balaban J connectivity index is 1.32. The van der Waals surface area contributed by atoms with Crippen molar-refractivity contribution in [2.75, 3.05) is 31.1 Å². The van der Waals surface area contributed by atoms with Crippen LogP contribution in [0.3, 0.4) is 0 Å². The SMILES string of the molecule is O=C(c1cc2sccc2n1Cc1ccccc1)N1CCN(c2ccc([N+](=O)[O-])cc2)CC1. The van der Waals surface area contributed by atoms with Crippen molar-refractivity contribution in [2.24, 2.45) is 0 Å². The van der Waals surface area contributed by atoms with Gasteiger partial charge in [-0.25, -0.2) is 0 Å². The lowest BCUT2D eigenvalue weighted by Crippen LogP contribution is -2.49. The Morgan fingerprint density at radius 2 is 1.69 bits per heavy atom. The van der Waals surface area contributed by atoms with Gasteiger partial charge in [0.2, 0.25) is 0 Å². The molecular weight excluding hydrogens is 424 g/mol. The third-order valence-corrected chi connectivity index (χ3v) is 6.77. The number of amides is 1. The predicted octanol–water partition coefficient (Wildman–Crippen LogP) is 4.62. The summed E-state index contributed by atoms with van der Waals surface area (Å²) in [5.41, 5.74) is 4.00. The molecule has 8 heteroatoms. The topological polar surface area (TPSA) is 71.6 Å². The van der Waals surface area contributed by atoms with Crippen molar-refractivity contribution in [1.29, 1.82) is 0 Å². The number of hydrogen-bond donors (Lipinski definition) is 0. The number of nitrogens with zero attached hydrogens (tertiary/aromatic N) is 4. The molecule has 0 radical (unpaired) electrons. The van der Waals surface area contributed by atoms with E-state index in [1.54, 1.807) is 23.5 Å². The van der Waals surface area contributed by atoms with Gasteiger partial charge < -0.3 is 14.4 Å². The van der Waals surface area contributed by atoms with E-state index in [4.69, 9.17) is 0 Å². The molecule has 1 fully saturated rings. The number of anilines is 1. The molecule has 0 aliphatic carbocycles. The molecule has 162 valence electrons. The average molecular weight is 447 g/mol. The minimum atomic E-state index is -0.393. The molecule has 5 rings (SSSR count). The smallest absolute Gasteiger partial charge is 0.270 e. The van der Waals surface area contributed by atoms with E-state index < -0.39 is 4.92 Å². The Bertz CT molecular complexity index is 1260. The van der Waals surface area contributed by atoms with Crippen molar-refractivity contribution < 1.29 is 9.72 Å². The zero-order valence-corrected chi connectivity index (χ0v) is 18.2. The number of carbonyl (C=O) groups excluding carboxylic acids is 1. The molecule has 0 N–H and O–H groups in total. The van der Waals surface area contributed by atoms with Gasteiger partial charge >= 0.3 is 0 Å². The molecule has 1 amide bonds. The van der Waals surface area contributed by atoms with Gasteiger partial charge in [-0.3, -0.25) is 14.9 Å². The van der Waals surface area contributed by atoms with Gasteiger partial charge in [0.05, 0.1) is 15.1 Å². The zero-order valence-electron chi connectivity index (χ0n) is 17.4. The van der Waals surface area contributed by atoms with E-state index in [9.17, 15) is 14.9 Å². The first kappa shape index (κ1) is 20.3. The Morgan fingerprint density at radius 3 is 2.38 bits per heavy atom. The molecule has 1 aliphatic heterocycles. The summed E-state index contributed by atoms with van der Waals surface area (Å²) in [6.45, 7) is 3.26. The molecule has 7 nitrogen and oxygen atoms in total. The van der Waals surface area contributed by atoms with Crippen LogP contribution < -0.4 is 4.90 Å². The minimum absolute atomic E-state index is 0.0488. The van der Waals surface area contributed by atoms with E-state index in [2.05, 4.69) is 33.0 Å². The zero-order chi connectivity index (χ0) is 22.1. The van der Waals surface area contributed by atoms with Crippen LogP contribution in [0.5, 0.6) is 0 Å². The fraction of sp³-hybridized carbons (Fsp3) is 0.208. The standard InChI is InChI=1S/C24H22N4O3S/c29-24(26-13-11-25(12-14-26)19-6-8-20(9-7-19)28(30)31)22-16-23-21(10-15-32-23)27(22)17-18-4-2-1-3-5-18/h1-10,15-16H,11-14,17H2. The maximum Gasteiger partial charge on any atom is 0.270 e. The van der Waals surface area contributed by atoms with Crippen molar-refractivity contribution in [1.82, 2.24) is 9.47 Å². The largest absolute Gasteiger partial charge is 0.368 e. The maximum absolute atomic E-state index is 13.5. The van der Waals surface area contributed by atoms with Crippen LogP contribution in [0.15, 0.2) is 72.1 Å². The highest BCUT2D eigenvalue weighted by Gasteiger charge is 2.26. The quantitative estimate of drug-likeness (QED) is 0.331. The molecule has 1 aliphatic rings. The Hall–Kier alpha value is -3.65. The molecule has 32 heavy (non-hydrogen) atoms. The van der Waals surface area contributed by atoms with Crippen LogP contribution in [0.1, 0.15) is 16.1 Å². The lowest BCUT2D eigenvalue weighted by molar-refractivity contribution is -0.384. The summed E-state index contributed by atoms with van der Waals surface area (Å²) < 4.78 is 3.24. The lowest BCUT2D eigenvalue weighted by atomic mass is 10.2. The highest BCUT2D eigenvalue weighted by molar-refractivity contribution is 7.17. The lowest BCUT2D eigenvalue weighted by Gasteiger charge is -2.36. The second-order valence-corrected chi connectivity index (χ2v) is 8.77. The molecule has 2 aromatic heterocycles. The molecule has 1 saturated heterocycles. The highest BCUT2D eigenvalue weighted by Crippen LogP contribution is 2.28. The summed E-state index contributed by atoms with van der Waals surface area (Å²) in [7, 11) is 0. The van der Waals surface area contributed by atoms with Crippen LogP contribution in [0.4, 0.5) is 11.4 Å². The third kappa shape index (κ3) is 3.85. The van der Waals surface area contributed by atoms with Crippen molar-refractivity contribution in [3.63, 3.8) is 0 Å². The van der Waals surface area contributed by atoms with Crippen molar-refractivity contribution >= 4 is 38.8 Å². The first-order valence-corrected chi connectivity index (χ1v) is 11.4. The molecular formula is C24H22N4O3S. The number of non-ortho nitro benzene ring substituents is 1. The third-order valence-electron chi connectivity index (χ3n) is 5.92. The summed E-state index contributed by atoms with van der Waals surface area (Å²) >= 11 is 1.65. The van der Waals surface area contributed by atoms with Crippen molar-refractivity contribution in [3.8, 4) is 0 Å². The normalized spacial score (nSPS) is 14.1. The predicted molar refractivity (Wildman–Crippen MR) is 127 cm³/mol. The van der Waals surface area contributed by atoms with E-state index in [0.29, 0.717) is 32.7 Å². The molecule has 4 aromatic rings. The molecule has 0 unspecified atom stereocenters. The molecule has 0 spiro atoms. The summed E-state index contributed by atoms with van der Waals surface area (Å²) in [4.78, 5) is 28.0. The summed E-state index contributed by atoms with van der Waals surface area (Å²) in [5.74, 6) is 0.0488. The van der Waals surface area contributed by atoms with Gasteiger partial charge in [-0.1, -0.05) is 30.3 Å². The number of aromatic nitrogens is 1. The Kier molecular flexibility index (Phi) is 5.36. The number of nitro benzene ring substituents is 1. The van der Waals surface area contributed by atoms with Crippen LogP contribution in [0.2, 0.25) is 0 Å². The molecule has 0 atom stereocenters. The highest BCUT2D eigenvalue weighted by atomic mass is 32.1. The summed E-state index contributed by atoms with van der Waals surface area (Å²) in [6.07, 6.45) is 0. The van der Waals surface area contributed by atoms with Gasteiger partial charge in [0.25, 0.3) is 11.6 Å². The second-order valence-electron chi connectivity index (χ2n) is 7.82. The monoisotopic (exact) mass is 446 g/mol. The van der Waals surface area contributed by atoms with Gasteiger partial charge in [0, 0.05) is 50.5 Å². The van der Waals surface area contributed by atoms with Gasteiger partial charge in [-0.05, 0) is 35.2 Å². The summed E-state index contributed by atoms with van der Waals surface area (Å²) in [6, 6.07) is 20.9. The number of thiophene rings is 1. The Morgan fingerprint density at radius 1 is 0.969 bits per heavy atom. The number of hydrogen-bond acceptors (Lipinski definition) is 5. The van der Waals surface area contributed by atoms with Crippen molar-refractivity contribution in [2.45, 2.75) is 6.54 Å². The van der Waals surface area contributed by atoms with E-state index in [-0.39, 0.29) is 11.6 Å². The maximum atomic E-state index is 13.5. The minimum Gasteiger partial charge on any atom is -0.368 e. The molecule has 3 heterocycles. The summed E-state index contributed by atoms with van der Waals surface area (Å²) in [5, 5.41) is 12.9. The first-order valence-electron chi connectivity index (χ1n) is 10.5. The van der Waals surface area contributed by atoms with E-state index in [0.717, 1.165) is 27.2 Å². The van der Waals surface area contributed by atoms with E-state index in [1.807, 2.05) is 29.2 Å². The molecule has 0 saturated carbocycles. The molecule has 0 bridgehead atoms. The first-order chi connectivity index (χ1) is 15.6. The fourth-order valence-electron chi connectivity index (χ4n) is 4.21. The number of nitro groups is 1. The van der Waals surface area contributed by atoms with E-state index >= 15 is 0 Å². The van der Waals surface area contributed by atoms with Crippen LogP contribution in [-0.4, -0.2) is 46.5 Å². The van der Waals surface area contributed by atoms with Crippen LogP contribution in [0, 0.1) is 10.1 Å². The number of piperazine rings is 1. The number of carbonyl (C=O) groups is 1. The second kappa shape index (κ2) is 8.47. The van der Waals surface area contributed by atoms with Gasteiger partial charge in [-0.2, -0.15) is 0 Å². The number of benzene rings is 2. The van der Waals surface area contributed by atoms with Crippen molar-refractivity contribution in [3.05, 3.63) is 93.5 Å². The molecule has 2 aromatic carbocycles. The van der Waals surface area contributed by atoms with E-state index in [1.165, 1.54) is 12.1 Å². The Labute approximate surface area is 189 Å². The van der Waals surface area contributed by atoms with Gasteiger partial charge in [0.1, 0.15) is 5.69 Å². The van der Waals surface area contributed by atoms with Crippen LogP contribution >= 0.6 is 11.3 Å². The number of rotatable bonds is 5. The fourth-order valence-corrected chi connectivity index (χ4v) is 5.03. The van der Waals surface area contributed by atoms with Crippen LogP contribution in [0.25, 0.3) is 10.2 Å².